The molecule has 1 heterocycles. The standard InChI is InChI=1S/C26H19ClN6O3S/c1-2-32-24(17-7-6-8-20(27)14-17)30-31-26(32)37-23-12-11-22(33(35)36)15-18(23)13-19(16-28)25(34)29-21-9-4-3-5-10-21/h3-15H,2H2,1H3,(H,29,34)/b19-13+. The number of nitriles is 1. The third-order valence-electron chi connectivity index (χ3n) is 5.22. The van der Waals surface area contributed by atoms with Crippen molar-refractivity contribution in [3.8, 4) is 17.5 Å². The summed E-state index contributed by atoms with van der Waals surface area (Å²) in [6.45, 7) is 2.50. The van der Waals surface area contributed by atoms with Gasteiger partial charge in [-0.25, -0.2) is 0 Å². The predicted octanol–water partition coefficient (Wildman–Crippen LogP) is 6.22. The monoisotopic (exact) mass is 530 g/mol. The predicted molar refractivity (Wildman–Crippen MR) is 142 cm³/mol. The first-order chi connectivity index (χ1) is 17.9. The number of non-ortho nitro benzene ring substituents is 1. The highest BCUT2D eigenvalue weighted by atomic mass is 35.5. The summed E-state index contributed by atoms with van der Waals surface area (Å²) in [6.07, 6.45) is 1.33. The lowest BCUT2D eigenvalue weighted by Gasteiger charge is -2.10. The van der Waals surface area contributed by atoms with Crippen LogP contribution in [0.2, 0.25) is 5.02 Å². The van der Waals surface area contributed by atoms with Gasteiger partial charge in [0, 0.05) is 39.8 Å². The molecule has 37 heavy (non-hydrogen) atoms. The van der Waals surface area contributed by atoms with E-state index in [-0.39, 0.29) is 11.3 Å². The normalized spacial score (nSPS) is 11.1. The van der Waals surface area contributed by atoms with Gasteiger partial charge in [0.25, 0.3) is 11.6 Å². The van der Waals surface area contributed by atoms with Crippen LogP contribution in [-0.4, -0.2) is 25.6 Å². The fourth-order valence-electron chi connectivity index (χ4n) is 3.47. The molecular weight excluding hydrogens is 512 g/mol. The molecular formula is C26H19ClN6O3S. The number of benzene rings is 3. The molecule has 1 amide bonds. The number of rotatable bonds is 8. The molecule has 0 atom stereocenters. The molecule has 9 nitrogen and oxygen atoms in total. The topological polar surface area (TPSA) is 127 Å². The van der Waals surface area contributed by atoms with Crippen molar-refractivity contribution in [1.29, 1.82) is 5.26 Å². The van der Waals surface area contributed by atoms with Crippen LogP contribution in [0.5, 0.6) is 0 Å². The van der Waals surface area contributed by atoms with Crippen LogP contribution < -0.4 is 5.32 Å². The maximum atomic E-state index is 12.7. The minimum Gasteiger partial charge on any atom is -0.321 e. The molecule has 0 radical (unpaired) electrons. The van der Waals surface area contributed by atoms with Crippen molar-refractivity contribution in [3.05, 3.63) is 99.1 Å². The van der Waals surface area contributed by atoms with E-state index in [2.05, 4.69) is 15.5 Å². The average Bonchev–Trinajstić information content (AvgIpc) is 3.31. The number of nitro benzene ring substituents is 1. The number of nitro groups is 1. The third-order valence-corrected chi connectivity index (χ3v) is 6.53. The van der Waals surface area contributed by atoms with Crippen molar-refractivity contribution in [3.63, 3.8) is 0 Å². The van der Waals surface area contributed by atoms with Gasteiger partial charge in [-0.1, -0.05) is 41.9 Å². The Kier molecular flexibility index (Phi) is 7.98. The first-order valence-electron chi connectivity index (χ1n) is 11.0. The number of anilines is 1. The molecule has 0 saturated heterocycles. The van der Waals surface area contributed by atoms with Crippen LogP contribution >= 0.6 is 23.4 Å². The number of carbonyl (C=O) groups excluding carboxylic acids is 1. The molecule has 0 saturated carbocycles. The van der Waals surface area contributed by atoms with Gasteiger partial charge >= 0.3 is 0 Å². The summed E-state index contributed by atoms with van der Waals surface area (Å²) < 4.78 is 1.89. The molecule has 0 aliphatic rings. The van der Waals surface area contributed by atoms with Crippen LogP contribution in [0.4, 0.5) is 11.4 Å². The smallest absolute Gasteiger partial charge is 0.270 e. The van der Waals surface area contributed by atoms with Crippen molar-refractivity contribution in [1.82, 2.24) is 14.8 Å². The van der Waals surface area contributed by atoms with E-state index in [1.165, 1.54) is 30.0 Å². The number of para-hydroxylation sites is 1. The van der Waals surface area contributed by atoms with Crippen molar-refractivity contribution in [2.45, 2.75) is 23.5 Å². The Morgan fingerprint density at radius 2 is 1.95 bits per heavy atom. The number of hydrogen-bond donors (Lipinski definition) is 1. The highest BCUT2D eigenvalue weighted by Gasteiger charge is 2.19. The van der Waals surface area contributed by atoms with E-state index >= 15 is 0 Å². The Balaban J connectivity index is 1.72. The van der Waals surface area contributed by atoms with Gasteiger partial charge in [-0.05, 0) is 60.7 Å². The number of carbonyl (C=O) groups is 1. The number of amides is 1. The number of halogens is 1. The van der Waals surface area contributed by atoms with Gasteiger partial charge in [0.2, 0.25) is 0 Å². The molecule has 0 unspecified atom stereocenters. The van der Waals surface area contributed by atoms with E-state index in [0.29, 0.717) is 38.7 Å². The lowest BCUT2D eigenvalue weighted by molar-refractivity contribution is -0.384. The summed E-state index contributed by atoms with van der Waals surface area (Å²) in [5.41, 5.74) is 1.26. The zero-order valence-corrected chi connectivity index (χ0v) is 21.0. The van der Waals surface area contributed by atoms with E-state index in [9.17, 15) is 20.2 Å². The zero-order valence-electron chi connectivity index (χ0n) is 19.5. The van der Waals surface area contributed by atoms with E-state index in [1.807, 2.05) is 29.7 Å². The summed E-state index contributed by atoms with van der Waals surface area (Å²) in [5, 5.41) is 33.5. The summed E-state index contributed by atoms with van der Waals surface area (Å²) in [7, 11) is 0. The van der Waals surface area contributed by atoms with Gasteiger partial charge in [0.1, 0.15) is 11.6 Å². The Morgan fingerprint density at radius 1 is 1.16 bits per heavy atom. The first-order valence-corrected chi connectivity index (χ1v) is 12.2. The van der Waals surface area contributed by atoms with Crippen LogP contribution in [0.1, 0.15) is 12.5 Å². The first kappa shape index (κ1) is 25.6. The van der Waals surface area contributed by atoms with Crippen molar-refractivity contribution < 1.29 is 9.72 Å². The van der Waals surface area contributed by atoms with Crippen LogP contribution in [-0.2, 0) is 11.3 Å². The van der Waals surface area contributed by atoms with Gasteiger partial charge in [0.05, 0.1) is 4.92 Å². The molecule has 0 bridgehead atoms. The summed E-state index contributed by atoms with van der Waals surface area (Å²) in [4.78, 5) is 24.2. The quantitative estimate of drug-likeness (QED) is 0.124. The van der Waals surface area contributed by atoms with Crippen molar-refractivity contribution >= 4 is 46.7 Å². The SMILES string of the molecule is CCn1c(Sc2ccc([N+](=O)[O-])cc2/C=C(\C#N)C(=O)Nc2ccccc2)nnc1-c1cccc(Cl)c1. The highest BCUT2D eigenvalue weighted by Crippen LogP contribution is 2.35. The van der Waals surface area contributed by atoms with Gasteiger partial charge in [0.15, 0.2) is 11.0 Å². The Morgan fingerprint density at radius 3 is 2.62 bits per heavy atom. The van der Waals surface area contributed by atoms with Gasteiger partial charge < -0.3 is 9.88 Å². The van der Waals surface area contributed by atoms with Gasteiger partial charge in [-0.2, -0.15) is 5.26 Å². The van der Waals surface area contributed by atoms with Crippen molar-refractivity contribution in [2.75, 3.05) is 5.32 Å². The summed E-state index contributed by atoms with van der Waals surface area (Å²) in [5.74, 6) is -0.0115. The molecule has 0 aliphatic carbocycles. The van der Waals surface area contributed by atoms with Crippen LogP contribution in [0.15, 0.2) is 88.4 Å². The highest BCUT2D eigenvalue weighted by molar-refractivity contribution is 7.99. The zero-order chi connectivity index (χ0) is 26.4. The molecule has 1 N–H and O–H groups in total. The Hall–Kier alpha value is -4.46. The molecule has 11 heteroatoms. The summed E-state index contributed by atoms with van der Waals surface area (Å²) >= 11 is 7.37. The molecule has 0 fully saturated rings. The van der Waals surface area contributed by atoms with Gasteiger partial charge in [-0.15, -0.1) is 10.2 Å². The lowest BCUT2D eigenvalue weighted by Crippen LogP contribution is -2.13. The van der Waals surface area contributed by atoms with E-state index in [1.54, 1.807) is 48.5 Å². The van der Waals surface area contributed by atoms with E-state index < -0.39 is 10.8 Å². The molecule has 4 aromatic rings. The Labute approximate surface area is 221 Å². The minimum absolute atomic E-state index is 0.173. The Bertz CT molecular complexity index is 1550. The van der Waals surface area contributed by atoms with Gasteiger partial charge in [-0.3, -0.25) is 14.9 Å². The van der Waals surface area contributed by atoms with E-state index in [4.69, 9.17) is 11.6 Å². The molecule has 184 valence electrons. The van der Waals surface area contributed by atoms with Crippen LogP contribution in [0.25, 0.3) is 17.5 Å². The minimum atomic E-state index is -0.629. The van der Waals surface area contributed by atoms with Crippen LogP contribution in [0, 0.1) is 21.4 Å². The number of nitrogens with zero attached hydrogens (tertiary/aromatic N) is 5. The van der Waals surface area contributed by atoms with Crippen molar-refractivity contribution in [2.24, 2.45) is 0 Å². The number of aromatic nitrogens is 3. The second-order valence-corrected chi connectivity index (χ2v) is 9.08. The maximum Gasteiger partial charge on any atom is 0.270 e. The molecule has 0 aliphatic heterocycles. The molecule has 1 aromatic heterocycles. The second kappa shape index (κ2) is 11.5. The molecule has 0 spiro atoms. The third kappa shape index (κ3) is 6.03. The number of nitrogens with one attached hydrogen (secondary N) is 1. The fourth-order valence-corrected chi connectivity index (χ4v) is 4.63. The fraction of sp³-hybridized carbons (Fsp3) is 0.0769. The van der Waals surface area contributed by atoms with E-state index in [0.717, 1.165) is 5.56 Å². The van der Waals surface area contributed by atoms with Crippen LogP contribution in [0.3, 0.4) is 0 Å². The maximum absolute atomic E-state index is 12.7. The molecule has 4 rings (SSSR count). The largest absolute Gasteiger partial charge is 0.321 e. The number of hydrogen-bond acceptors (Lipinski definition) is 7. The second-order valence-electron chi connectivity index (χ2n) is 7.63. The average molecular weight is 531 g/mol. The summed E-state index contributed by atoms with van der Waals surface area (Å²) in [6, 6.07) is 22.1. The lowest BCUT2D eigenvalue weighted by atomic mass is 10.1. The molecule has 3 aromatic carbocycles.